The van der Waals surface area contributed by atoms with Gasteiger partial charge in [0.1, 0.15) is 18.5 Å². The summed E-state index contributed by atoms with van der Waals surface area (Å²) in [4.78, 5) is 11.7. The van der Waals surface area contributed by atoms with Gasteiger partial charge in [-0.05, 0) is 44.0 Å². The predicted molar refractivity (Wildman–Crippen MR) is 72.9 cm³/mol. The molecule has 2 rings (SSSR count). The Kier molecular flexibility index (Phi) is 4.63. The standard InChI is InChI=1S/C14H20N2O3/c1-10-2-7-13(19-10)14(17)16-8-9-18-12-5-3-11(15)4-6-12/h3-6,10,13H,2,7-9,15H2,1H3,(H,16,17). The summed E-state index contributed by atoms with van der Waals surface area (Å²) in [5.41, 5.74) is 6.28. The minimum absolute atomic E-state index is 0.0507. The second-order valence-corrected chi connectivity index (χ2v) is 4.72. The first kappa shape index (κ1) is 13.7. The largest absolute Gasteiger partial charge is 0.492 e. The maximum Gasteiger partial charge on any atom is 0.249 e. The van der Waals surface area contributed by atoms with Gasteiger partial charge >= 0.3 is 0 Å². The Morgan fingerprint density at radius 2 is 2.16 bits per heavy atom. The number of benzene rings is 1. The highest BCUT2D eigenvalue weighted by Gasteiger charge is 2.27. The molecule has 3 N–H and O–H groups in total. The fourth-order valence-corrected chi connectivity index (χ4v) is 2.02. The van der Waals surface area contributed by atoms with Gasteiger partial charge in [0.05, 0.1) is 12.6 Å². The molecule has 19 heavy (non-hydrogen) atoms. The van der Waals surface area contributed by atoms with Crippen LogP contribution in [0.3, 0.4) is 0 Å². The smallest absolute Gasteiger partial charge is 0.249 e. The molecule has 1 aliphatic heterocycles. The Morgan fingerprint density at radius 3 is 2.79 bits per heavy atom. The third-order valence-corrected chi connectivity index (χ3v) is 3.07. The number of amides is 1. The SMILES string of the molecule is CC1CCC(C(=O)NCCOc2ccc(N)cc2)O1. The first-order valence-corrected chi connectivity index (χ1v) is 6.56. The van der Waals surface area contributed by atoms with Crippen molar-refractivity contribution in [3.63, 3.8) is 0 Å². The summed E-state index contributed by atoms with van der Waals surface area (Å²) in [6.45, 7) is 2.88. The number of nitrogen functional groups attached to an aromatic ring is 1. The summed E-state index contributed by atoms with van der Waals surface area (Å²) in [6, 6.07) is 7.17. The zero-order valence-corrected chi connectivity index (χ0v) is 11.1. The van der Waals surface area contributed by atoms with Crippen molar-refractivity contribution in [2.75, 3.05) is 18.9 Å². The van der Waals surface area contributed by atoms with Gasteiger partial charge in [0.25, 0.3) is 0 Å². The van der Waals surface area contributed by atoms with Crippen LogP contribution in [-0.2, 0) is 9.53 Å². The van der Waals surface area contributed by atoms with Crippen molar-refractivity contribution in [3.05, 3.63) is 24.3 Å². The van der Waals surface area contributed by atoms with E-state index in [4.69, 9.17) is 15.2 Å². The van der Waals surface area contributed by atoms with Crippen LogP contribution in [0.2, 0.25) is 0 Å². The summed E-state index contributed by atoms with van der Waals surface area (Å²) >= 11 is 0. The molecule has 5 heteroatoms. The van der Waals surface area contributed by atoms with Crippen molar-refractivity contribution in [3.8, 4) is 5.75 Å². The van der Waals surface area contributed by atoms with Gasteiger partial charge in [-0.1, -0.05) is 0 Å². The lowest BCUT2D eigenvalue weighted by Crippen LogP contribution is -2.36. The van der Waals surface area contributed by atoms with Gasteiger partial charge in [-0.25, -0.2) is 0 Å². The molecule has 1 amide bonds. The quantitative estimate of drug-likeness (QED) is 0.621. The molecule has 1 aliphatic rings. The van der Waals surface area contributed by atoms with Gasteiger partial charge in [0.15, 0.2) is 0 Å². The van der Waals surface area contributed by atoms with Crippen molar-refractivity contribution in [1.29, 1.82) is 0 Å². The summed E-state index contributed by atoms with van der Waals surface area (Å²) < 4.78 is 11.0. The lowest BCUT2D eigenvalue weighted by atomic mass is 10.2. The van der Waals surface area contributed by atoms with E-state index in [0.717, 1.165) is 18.6 Å². The van der Waals surface area contributed by atoms with Crippen LogP contribution in [0.1, 0.15) is 19.8 Å². The minimum atomic E-state index is -0.300. The molecule has 2 unspecified atom stereocenters. The van der Waals surface area contributed by atoms with E-state index in [2.05, 4.69) is 5.32 Å². The molecule has 0 aliphatic carbocycles. The molecule has 1 fully saturated rings. The molecule has 1 saturated heterocycles. The van der Waals surface area contributed by atoms with Gasteiger partial charge in [-0.2, -0.15) is 0 Å². The zero-order valence-electron chi connectivity index (χ0n) is 11.1. The molecule has 0 radical (unpaired) electrons. The van der Waals surface area contributed by atoms with E-state index in [0.29, 0.717) is 18.8 Å². The number of rotatable bonds is 5. The fraction of sp³-hybridized carbons (Fsp3) is 0.500. The number of nitrogens with one attached hydrogen (secondary N) is 1. The summed E-state index contributed by atoms with van der Waals surface area (Å²) in [5.74, 6) is 0.694. The minimum Gasteiger partial charge on any atom is -0.492 e. The Hall–Kier alpha value is -1.75. The van der Waals surface area contributed by atoms with Crippen LogP contribution in [0.4, 0.5) is 5.69 Å². The van der Waals surface area contributed by atoms with Crippen LogP contribution in [0.25, 0.3) is 0 Å². The van der Waals surface area contributed by atoms with Gasteiger partial charge in [0, 0.05) is 5.69 Å². The van der Waals surface area contributed by atoms with E-state index in [1.165, 1.54) is 0 Å². The maximum absolute atomic E-state index is 11.7. The number of carbonyl (C=O) groups is 1. The Labute approximate surface area is 113 Å². The van der Waals surface area contributed by atoms with E-state index in [-0.39, 0.29) is 18.1 Å². The van der Waals surface area contributed by atoms with Crippen LogP contribution < -0.4 is 15.8 Å². The Balaban J connectivity index is 1.64. The number of anilines is 1. The van der Waals surface area contributed by atoms with Crippen molar-refractivity contribution >= 4 is 11.6 Å². The molecular weight excluding hydrogens is 244 g/mol. The van der Waals surface area contributed by atoms with Gasteiger partial charge in [-0.3, -0.25) is 4.79 Å². The highest BCUT2D eigenvalue weighted by atomic mass is 16.5. The molecule has 0 aromatic heterocycles. The third kappa shape index (κ3) is 4.13. The molecular formula is C14H20N2O3. The van der Waals surface area contributed by atoms with Crippen molar-refractivity contribution in [1.82, 2.24) is 5.32 Å². The first-order valence-electron chi connectivity index (χ1n) is 6.56. The zero-order chi connectivity index (χ0) is 13.7. The van der Waals surface area contributed by atoms with E-state index in [1.54, 1.807) is 24.3 Å². The molecule has 0 spiro atoms. The highest BCUT2D eigenvalue weighted by Crippen LogP contribution is 2.18. The third-order valence-electron chi connectivity index (χ3n) is 3.07. The Bertz CT molecular complexity index is 419. The van der Waals surface area contributed by atoms with Crippen molar-refractivity contribution in [2.45, 2.75) is 32.0 Å². The molecule has 104 valence electrons. The second-order valence-electron chi connectivity index (χ2n) is 4.72. The van der Waals surface area contributed by atoms with E-state index >= 15 is 0 Å². The number of carbonyl (C=O) groups excluding carboxylic acids is 1. The monoisotopic (exact) mass is 264 g/mol. The van der Waals surface area contributed by atoms with Crippen LogP contribution in [0.15, 0.2) is 24.3 Å². The normalized spacial score (nSPS) is 22.2. The first-order chi connectivity index (χ1) is 9.15. The van der Waals surface area contributed by atoms with Crippen LogP contribution in [0, 0.1) is 0 Å². The van der Waals surface area contributed by atoms with E-state index < -0.39 is 0 Å². The highest BCUT2D eigenvalue weighted by molar-refractivity contribution is 5.80. The average Bonchev–Trinajstić information content (AvgIpc) is 2.83. The second kappa shape index (κ2) is 6.43. The van der Waals surface area contributed by atoms with Gasteiger partial charge < -0.3 is 20.5 Å². The summed E-state index contributed by atoms with van der Waals surface area (Å²) in [5, 5.41) is 2.81. The number of ether oxygens (including phenoxy) is 2. The number of nitrogens with two attached hydrogens (primary N) is 1. The van der Waals surface area contributed by atoms with Gasteiger partial charge in [-0.15, -0.1) is 0 Å². The van der Waals surface area contributed by atoms with Crippen LogP contribution in [-0.4, -0.2) is 31.3 Å². The maximum atomic E-state index is 11.7. The van der Waals surface area contributed by atoms with Crippen LogP contribution >= 0.6 is 0 Å². The molecule has 2 atom stereocenters. The lowest BCUT2D eigenvalue weighted by molar-refractivity contribution is -0.131. The molecule has 5 nitrogen and oxygen atoms in total. The fourth-order valence-electron chi connectivity index (χ4n) is 2.02. The van der Waals surface area contributed by atoms with Gasteiger partial charge in [0.2, 0.25) is 5.91 Å². The van der Waals surface area contributed by atoms with Crippen molar-refractivity contribution in [2.24, 2.45) is 0 Å². The summed E-state index contributed by atoms with van der Waals surface area (Å²) in [6.07, 6.45) is 1.62. The van der Waals surface area contributed by atoms with Crippen molar-refractivity contribution < 1.29 is 14.3 Å². The molecule has 1 heterocycles. The number of hydrogen-bond donors (Lipinski definition) is 2. The predicted octanol–water partition coefficient (Wildman–Crippen LogP) is 1.33. The summed E-state index contributed by atoms with van der Waals surface area (Å²) in [7, 11) is 0. The molecule has 1 aromatic carbocycles. The molecule has 0 bridgehead atoms. The van der Waals surface area contributed by atoms with E-state index in [9.17, 15) is 4.79 Å². The van der Waals surface area contributed by atoms with E-state index in [1.807, 2.05) is 6.92 Å². The average molecular weight is 264 g/mol. The lowest BCUT2D eigenvalue weighted by Gasteiger charge is -2.12. The number of hydrogen-bond acceptors (Lipinski definition) is 4. The molecule has 0 saturated carbocycles. The topological polar surface area (TPSA) is 73.6 Å². The van der Waals surface area contributed by atoms with Crippen LogP contribution in [0.5, 0.6) is 5.75 Å². The molecule has 1 aromatic rings. The Morgan fingerprint density at radius 1 is 1.42 bits per heavy atom.